The van der Waals surface area contributed by atoms with Crippen molar-refractivity contribution in [1.29, 1.82) is 0 Å². The number of hydrogen-bond acceptors (Lipinski definition) is 3. The van der Waals surface area contributed by atoms with Gasteiger partial charge in [0, 0.05) is 34.1 Å². The van der Waals surface area contributed by atoms with E-state index in [2.05, 4.69) is 78.5 Å². The van der Waals surface area contributed by atoms with E-state index in [1.54, 1.807) is 6.07 Å². The quantitative estimate of drug-likeness (QED) is 0.288. The summed E-state index contributed by atoms with van der Waals surface area (Å²) in [5, 5.41) is 0.120. The molecule has 27 heavy (non-hydrogen) atoms. The molecule has 0 spiro atoms. The average molecular weight is 463 g/mol. The molecule has 0 amide bonds. The summed E-state index contributed by atoms with van der Waals surface area (Å²) < 4.78 is 30.0. The number of hydrogen-bond donors (Lipinski definition) is 0. The molecule has 0 aliphatic rings. The molecule has 0 radical (unpaired) electrons. The summed E-state index contributed by atoms with van der Waals surface area (Å²) in [5.41, 5.74) is 0. The molecule has 0 saturated heterocycles. The van der Waals surface area contributed by atoms with Crippen LogP contribution >= 0.6 is 11.6 Å². The van der Waals surface area contributed by atoms with E-state index in [1.165, 1.54) is 0 Å². The molecule has 1 heterocycles. The molecule has 0 atom stereocenters. The Morgan fingerprint density at radius 2 is 1.15 bits per heavy atom. The van der Waals surface area contributed by atoms with Crippen LogP contribution in [0.2, 0.25) is 5.28 Å². The summed E-state index contributed by atoms with van der Waals surface area (Å²) in [5.74, 6) is 0. The van der Waals surface area contributed by atoms with Gasteiger partial charge in [0.2, 0.25) is 0 Å². The zero-order chi connectivity index (χ0) is 20.2. The number of halogens is 1. The SMILES string of the molecule is Clc1n[c-]n[c-]n1.[C-]#[O+].[C-]#[O+].[C-]#[O+].[C-]#[O+].[Fe].[Fe].[c-]1[c-][c-][cH-][c-]1.c1cc[cH-]c1. The van der Waals surface area contributed by atoms with Crippen LogP contribution in [0, 0.1) is 63.5 Å². The predicted octanol–water partition coefficient (Wildman–Crippen LogP) is 1.98. The van der Waals surface area contributed by atoms with Crippen LogP contribution in [-0.2, 0) is 52.7 Å². The Labute approximate surface area is 184 Å². The number of nitrogens with zero attached hydrogens (tertiary/aromatic N) is 3. The van der Waals surface area contributed by atoms with Gasteiger partial charge in [0.1, 0.15) is 0 Å². The molecular formula is C17H6ClFe2N3O4-8. The minimum Gasteiger partial charge on any atom is -0.999 e. The molecule has 144 valence electrons. The Kier molecular flexibility index (Phi) is 73.3. The third kappa shape index (κ3) is 45.4. The molecule has 7 nitrogen and oxygen atoms in total. The standard InChI is InChI=1S/C5H5.C5H.C3ClN3.4CO.2Fe/c2*1-2-4-5-3-1;4-3-6-1-5-2-7-3;4*1-2;;/h1-5H;1H;;;;;;;/q-1;-5;-2;;;;;;. The predicted molar refractivity (Wildman–Crippen MR) is 77.6 cm³/mol. The van der Waals surface area contributed by atoms with Gasteiger partial charge < -0.3 is 45.3 Å². The molecule has 0 aliphatic heterocycles. The maximum Gasteiger partial charge on any atom is 0 e. The first-order chi connectivity index (χ1) is 12.4. The van der Waals surface area contributed by atoms with Gasteiger partial charge in [-0.25, -0.2) is 23.7 Å². The Morgan fingerprint density at radius 3 is 1.30 bits per heavy atom. The van der Waals surface area contributed by atoms with Crippen molar-refractivity contribution >= 4 is 11.6 Å². The van der Waals surface area contributed by atoms with Crippen LogP contribution in [0.5, 0.6) is 0 Å². The monoisotopic (exact) mass is 463 g/mol. The maximum absolute atomic E-state index is 7.50. The molecule has 2 aromatic carbocycles. The van der Waals surface area contributed by atoms with Crippen molar-refractivity contribution in [2.45, 2.75) is 0 Å². The van der Waals surface area contributed by atoms with Gasteiger partial charge in [0.15, 0.2) is 0 Å². The van der Waals surface area contributed by atoms with Crippen LogP contribution in [-0.4, -0.2) is 15.0 Å². The summed E-state index contributed by atoms with van der Waals surface area (Å²) >= 11 is 5.21. The second kappa shape index (κ2) is 49.6. The van der Waals surface area contributed by atoms with Gasteiger partial charge in [-0.2, -0.15) is 30.9 Å². The molecule has 0 fully saturated rings. The van der Waals surface area contributed by atoms with E-state index in [-0.39, 0.29) is 39.4 Å². The smallest absolute Gasteiger partial charge is 0 e. The van der Waals surface area contributed by atoms with Crippen molar-refractivity contribution < 1.29 is 52.7 Å². The van der Waals surface area contributed by atoms with Crippen LogP contribution in [0.3, 0.4) is 0 Å². The van der Waals surface area contributed by atoms with Gasteiger partial charge in [0.25, 0.3) is 0 Å². The summed E-state index contributed by atoms with van der Waals surface area (Å²) in [6, 6.07) is 22.0. The fraction of sp³-hybridized carbons (Fsp3) is 0. The molecule has 10 heteroatoms. The Hall–Kier alpha value is -2.00. The van der Waals surface area contributed by atoms with E-state index < -0.39 is 0 Å². The van der Waals surface area contributed by atoms with E-state index in [4.69, 9.17) is 30.2 Å². The Bertz CT molecular complexity index is 529. The summed E-state index contributed by atoms with van der Waals surface area (Å²) in [6.45, 7) is 18.0. The van der Waals surface area contributed by atoms with Crippen molar-refractivity contribution in [2.24, 2.45) is 0 Å². The molecule has 0 unspecified atom stereocenters. The van der Waals surface area contributed by atoms with Crippen LogP contribution in [0.4, 0.5) is 0 Å². The van der Waals surface area contributed by atoms with Crippen molar-refractivity contribution in [3.63, 3.8) is 0 Å². The van der Waals surface area contributed by atoms with Crippen molar-refractivity contribution in [2.75, 3.05) is 0 Å². The molecule has 3 rings (SSSR count). The zero-order valence-electron chi connectivity index (χ0n) is 13.0. The third-order valence-corrected chi connectivity index (χ3v) is 1.46. The van der Waals surface area contributed by atoms with Gasteiger partial charge >= 0.3 is 45.2 Å². The largest absolute Gasteiger partial charge is 0.999 e. The van der Waals surface area contributed by atoms with Crippen molar-refractivity contribution in [3.05, 3.63) is 105 Å². The normalized spacial score (nSPS) is 5.52. The first-order valence-corrected chi connectivity index (χ1v) is 5.72. The van der Waals surface area contributed by atoms with Crippen LogP contribution in [0.15, 0.2) is 36.4 Å². The molecule has 0 bridgehead atoms. The molecule has 0 N–H and O–H groups in total. The van der Waals surface area contributed by atoms with E-state index >= 15 is 0 Å². The third-order valence-electron chi connectivity index (χ3n) is 1.29. The fourth-order valence-corrected chi connectivity index (χ4v) is 0.757. The molecule has 0 saturated carbocycles. The van der Waals surface area contributed by atoms with Gasteiger partial charge in [-0.1, -0.05) is 0 Å². The van der Waals surface area contributed by atoms with Gasteiger partial charge in [-0.15, -0.1) is 0 Å². The number of aromatic nitrogens is 3. The first kappa shape index (κ1) is 39.9. The first-order valence-electron chi connectivity index (χ1n) is 5.34. The van der Waals surface area contributed by atoms with Gasteiger partial charge in [-0.3, -0.25) is 0 Å². The molecule has 1 aromatic heterocycles. The number of rotatable bonds is 0. The topological polar surface area (TPSA) is 118 Å². The summed E-state index contributed by atoms with van der Waals surface area (Å²) in [4.78, 5) is 10.0. The average Bonchev–Trinajstić information content (AvgIpc) is 3.47. The van der Waals surface area contributed by atoms with Gasteiger partial charge in [-0.05, 0) is 5.28 Å². The second-order valence-electron chi connectivity index (χ2n) is 2.45. The van der Waals surface area contributed by atoms with E-state index in [1.807, 2.05) is 30.3 Å². The Morgan fingerprint density at radius 1 is 0.778 bits per heavy atom. The molecule has 0 aliphatic carbocycles. The molecular weight excluding hydrogens is 457 g/mol. The Balaban J connectivity index is -0.0000000506. The second-order valence-corrected chi connectivity index (χ2v) is 2.79. The molecule has 3 aromatic rings. The maximum atomic E-state index is 7.50. The minimum absolute atomic E-state index is 0. The summed E-state index contributed by atoms with van der Waals surface area (Å²) in [7, 11) is 0. The minimum atomic E-state index is 0. The zero-order valence-corrected chi connectivity index (χ0v) is 16.0. The summed E-state index contributed by atoms with van der Waals surface area (Å²) in [6.07, 6.45) is 4.42. The van der Waals surface area contributed by atoms with E-state index in [0.29, 0.717) is 0 Å². The van der Waals surface area contributed by atoms with E-state index in [9.17, 15) is 0 Å². The fourth-order valence-electron chi connectivity index (χ4n) is 0.681. The van der Waals surface area contributed by atoms with Crippen LogP contribution in [0.1, 0.15) is 0 Å². The van der Waals surface area contributed by atoms with Crippen molar-refractivity contribution in [1.82, 2.24) is 15.0 Å². The van der Waals surface area contributed by atoms with Crippen LogP contribution in [0.25, 0.3) is 0 Å². The van der Waals surface area contributed by atoms with Crippen molar-refractivity contribution in [3.8, 4) is 0 Å². The van der Waals surface area contributed by atoms with Gasteiger partial charge in [0.05, 0.1) is 0 Å². The van der Waals surface area contributed by atoms with E-state index in [0.717, 1.165) is 0 Å². The van der Waals surface area contributed by atoms with Crippen LogP contribution < -0.4 is 0 Å².